The summed E-state index contributed by atoms with van der Waals surface area (Å²) in [5.74, 6) is 1.51. The van der Waals surface area contributed by atoms with Gasteiger partial charge in [0.1, 0.15) is 0 Å². The Hall–Kier alpha value is -1.46. The fourth-order valence-electron chi connectivity index (χ4n) is 1.83. The van der Waals surface area contributed by atoms with Gasteiger partial charge in [-0.25, -0.2) is 0 Å². The summed E-state index contributed by atoms with van der Waals surface area (Å²) in [6, 6.07) is 5.69. The molecule has 1 N–H and O–H groups in total. The number of pyridine rings is 1. The third kappa shape index (κ3) is 2.62. The van der Waals surface area contributed by atoms with Gasteiger partial charge in [0.2, 0.25) is 6.79 Å². The SMILES string of the molecule is Clc1ccncc1NCc1cc(Br)c2c(c1)OCO2. The fourth-order valence-corrected chi connectivity index (χ4v) is 2.60. The number of aromatic nitrogens is 1. The van der Waals surface area contributed by atoms with Gasteiger partial charge in [-0.1, -0.05) is 11.6 Å². The van der Waals surface area contributed by atoms with E-state index in [2.05, 4.69) is 26.2 Å². The van der Waals surface area contributed by atoms with Gasteiger partial charge in [-0.05, 0) is 39.7 Å². The Labute approximate surface area is 123 Å². The largest absolute Gasteiger partial charge is 0.454 e. The maximum atomic E-state index is 6.06. The van der Waals surface area contributed by atoms with Crippen LogP contribution in [0.5, 0.6) is 11.5 Å². The van der Waals surface area contributed by atoms with Crippen LogP contribution < -0.4 is 14.8 Å². The van der Waals surface area contributed by atoms with E-state index in [-0.39, 0.29) is 6.79 Å². The molecule has 0 fully saturated rings. The number of nitrogens with one attached hydrogen (secondary N) is 1. The smallest absolute Gasteiger partial charge is 0.231 e. The van der Waals surface area contributed by atoms with Gasteiger partial charge in [0.15, 0.2) is 11.5 Å². The minimum absolute atomic E-state index is 0.263. The predicted octanol–water partition coefficient (Wildman–Crippen LogP) is 3.84. The summed E-state index contributed by atoms with van der Waals surface area (Å²) in [6.07, 6.45) is 3.36. The van der Waals surface area contributed by atoms with E-state index in [4.69, 9.17) is 21.1 Å². The summed E-state index contributed by atoms with van der Waals surface area (Å²) in [5.41, 5.74) is 1.87. The van der Waals surface area contributed by atoms with E-state index in [9.17, 15) is 0 Å². The van der Waals surface area contributed by atoms with Crippen molar-refractivity contribution in [1.82, 2.24) is 4.98 Å². The number of hydrogen-bond donors (Lipinski definition) is 1. The van der Waals surface area contributed by atoms with Crippen LogP contribution in [0.15, 0.2) is 35.1 Å². The lowest BCUT2D eigenvalue weighted by Gasteiger charge is -2.09. The van der Waals surface area contributed by atoms with Crippen LogP contribution in [0.1, 0.15) is 5.56 Å². The number of benzene rings is 1. The number of nitrogens with zero attached hydrogens (tertiary/aromatic N) is 1. The van der Waals surface area contributed by atoms with Crippen molar-refractivity contribution in [3.05, 3.63) is 45.7 Å². The zero-order valence-electron chi connectivity index (χ0n) is 9.82. The van der Waals surface area contributed by atoms with Crippen molar-refractivity contribution in [2.24, 2.45) is 0 Å². The molecule has 4 nitrogen and oxygen atoms in total. The Balaban J connectivity index is 1.78. The van der Waals surface area contributed by atoms with Crippen LogP contribution in [-0.2, 0) is 6.54 Å². The monoisotopic (exact) mass is 340 g/mol. The molecule has 2 aromatic rings. The van der Waals surface area contributed by atoms with Crippen molar-refractivity contribution in [3.63, 3.8) is 0 Å². The van der Waals surface area contributed by atoms with Gasteiger partial charge in [-0.2, -0.15) is 0 Å². The molecular weight excluding hydrogens is 332 g/mol. The van der Waals surface area contributed by atoms with Gasteiger partial charge >= 0.3 is 0 Å². The van der Waals surface area contributed by atoms with Gasteiger partial charge in [-0.15, -0.1) is 0 Å². The van der Waals surface area contributed by atoms with Crippen LogP contribution >= 0.6 is 27.5 Å². The van der Waals surface area contributed by atoms with Crippen molar-refractivity contribution in [1.29, 1.82) is 0 Å². The van der Waals surface area contributed by atoms with Gasteiger partial charge < -0.3 is 14.8 Å². The molecule has 1 aromatic heterocycles. The third-order valence-corrected chi connectivity index (χ3v) is 3.66. The number of anilines is 1. The first-order valence-electron chi connectivity index (χ1n) is 5.65. The van der Waals surface area contributed by atoms with Gasteiger partial charge in [0.05, 0.1) is 21.4 Å². The van der Waals surface area contributed by atoms with Gasteiger partial charge in [-0.3, -0.25) is 4.98 Å². The molecule has 2 heterocycles. The van der Waals surface area contributed by atoms with Crippen LogP contribution in [0, 0.1) is 0 Å². The highest BCUT2D eigenvalue weighted by Crippen LogP contribution is 2.40. The molecule has 0 atom stereocenters. The number of fused-ring (bicyclic) bond motifs is 1. The second-order valence-electron chi connectivity index (χ2n) is 4.02. The Morgan fingerprint density at radius 2 is 2.26 bits per heavy atom. The predicted molar refractivity (Wildman–Crippen MR) is 76.8 cm³/mol. The Bertz CT molecular complexity index is 622. The molecule has 1 aromatic carbocycles. The number of hydrogen-bond acceptors (Lipinski definition) is 4. The first kappa shape index (κ1) is 12.6. The molecule has 0 unspecified atom stereocenters. The van der Waals surface area contributed by atoms with Crippen LogP contribution in [-0.4, -0.2) is 11.8 Å². The average Bonchev–Trinajstić information content (AvgIpc) is 2.87. The van der Waals surface area contributed by atoms with Gasteiger partial charge in [0, 0.05) is 12.7 Å². The van der Waals surface area contributed by atoms with Crippen LogP contribution in [0.4, 0.5) is 5.69 Å². The molecule has 1 aliphatic heterocycles. The molecule has 0 saturated heterocycles. The molecule has 0 radical (unpaired) electrons. The molecule has 0 bridgehead atoms. The van der Waals surface area contributed by atoms with Crippen LogP contribution in [0.2, 0.25) is 5.02 Å². The average molecular weight is 342 g/mol. The topological polar surface area (TPSA) is 43.4 Å². The number of rotatable bonds is 3. The maximum Gasteiger partial charge on any atom is 0.231 e. The summed E-state index contributed by atoms with van der Waals surface area (Å²) in [5, 5.41) is 3.88. The summed E-state index contributed by atoms with van der Waals surface area (Å²) < 4.78 is 11.6. The molecule has 0 saturated carbocycles. The van der Waals surface area contributed by atoms with E-state index < -0.39 is 0 Å². The molecule has 6 heteroatoms. The van der Waals surface area contributed by atoms with Crippen LogP contribution in [0.3, 0.4) is 0 Å². The molecule has 3 rings (SSSR count). The second kappa shape index (κ2) is 5.27. The highest BCUT2D eigenvalue weighted by atomic mass is 79.9. The van der Waals surface area contributed by atoms with E-state index in [0.29, 0.717) is 11.6 Å². The summed E-state index contributed by atoms with van der Waals surface area (Å²) in [6.45, 7) is 0.889. The Morgan fingerprint density at radius 1 is 1.37 bits per heavy atom. The van der Waals surface area contributed by atoms with Crippen LogP contribution in [0.25, 0.3) is 0 Å². The summed E-state index contributed by atoms with van der Waals surface area (Å²) in [7, 11) is 0. The highest BCUT2D eigenvalue weighted by Gasteiger charge is 2.17. The zero-order chi connectivity index (χ0) is 13.2. The maximum absolute atomic E-state index is 6.06. The summed E-state index contributed by atoms with van der Waals surface area (Å²) in [4.78, 5) is 4.03. The quantitative estimate of drug-likeness (QED) is 0.921. The summed E-state index contributed by atoms with van der Waals surface area (Å²) >= 11 is 9.53. The first-order valence-corrected chi connectivity index (χ1v) is 6.82. The van der Waals surface area contributed by atoms with E-state index in [1.165, 1.54) is 0 Å². The lowest BCUT2D eigenvalue weighted by Crippen LogP contribution is -2.00. The third-order valence-electron chi connectivity index (χ3n) is 2.74. The molecule has 98 valence electrons. The number of halogens is 2. The van der Waals surface area contributed by atoms with E-state index >= 15 is 0 Å². The van der Waals surface area contributed by atoms with E-state index in [1.807, 2.05) is 12.1 Å². The zero-order valence-corrected chi connectivity index (χ0v) is 12.2. The minimum atomic E-state index is 0.263. The van der Waals surface area contributed by atoms with Gasteiger partial charge in [0.25, 0.3) is 0 Å². The van der Waals surface area contributed by atoms with Crippen molar-refractivity contribution >= 4 is 33.2 Å². The molecule has 19 heavy (non-hydrogen) atoms. The number of ether oxygens (including phenoxy) is 2. The normalized spacial score (nSPS) is 12.5. The molecule has 1 aliphatic rings. The highest BCUT2D eigenvalue weighted by molar-refractivity contribution is 9.10. The minimum Gasteiger partial charge on any atom is -0.454 e. The first-order chi connectivity index (χ1) is 9.24. The van der Waals surface area contributed by atoms with Crippen molar-refractivity contribution in [2.75, 3.05) is 12.1 Å². The van der Waals surface area contributed by atoms with E-state index in [0.717, 1.165) is 27.2 Å². The second-order valence-corrected chi connectivity index (χ2v) is 5.28. The molecule has 0 amide bonds. The molecule has 0 spiro atoms. The molecular formula is C13H10BrClN2O2. The standard InChI is InChI=1S/C13H10BrClN2O2/c14-9-3-8(4-12-13(9)19-7-18-12)5-17-11-6-16-2-1-10(11)15/h1-4,6,17H,5,7H2. The lowest BCUT2D eigenvalue weighted by molar-refractivity contribution is 0.173. The molecule has 0 aliphatic carbocycles. The Kier molecular flexibility index (Phi) is 3.48. The van der Waals surface area contributed by atoms with Crippen molar-refractivity contribution < 1.29 is 9.47 Å². The van der Waals surface area contributed by atoms with Crippen molar-refractivity contribution in [3.8, 4) is 11.5 Å². The lowest BCUT2D eigenvalue weighted by atomic mass is 10.2. The Morgan fingerprint density at radius 3 is 3.11 bits per heavy atom. The van der Waals surface area contributed by atoms with Crippen molar-refractivity contribution in [2.45, 2.75) is 6.54 Å². The fraction of sp³-hybridized carbons (Fsp3) is 0.154. The van der Waals surface area contributed by atoms with E-state index in [1.54, 1.807) is 18.5 Å².